The van der Waals surface area contributed by atoms with Crippen LogP contribution in [0, 0.1) is 0 Å². The molecule has 0 fully saturated rings. The first-order chi connectivity index (χ1) is 10.2. The summed E-state index contributed by atoms with van der Waals surface area (Å²) in [6, 6.07) is 14.5. The van der Waals surface area contributed by atoms with Crippen molar-refractivity contribution in [3.8, 4) is 0 Å². The fourth-order valence-electron chi connectivity index (χ4n) is 3.64. The van der Waals surface area contributed by atoms with E-state index in [2.05, 4.69) is 24.3 Å². The molecule has 1 amide bonds. The largest absolute Gasteiger partial charge is 0.312 e. The SMILES string of the molecule is O=C1CCc2cccc3c2N1CCC3c1cccc(Cl)c1. The van der Waals surface area contributed by atoms with Gasteiger partial charge in [-0.05, 0) is 41.7 Å². The molecule has 0 saturated heterocycles. The van der Waals surface area contributed by atoms with Gasteiger partial charge in [0, 0.05) is 23.9 Å². The van der Waals surface area contributed by atoms with Crippen LogP contribution in [0.4, 0.5) is 5.69 Å². The van der Waals surface area contributed by atoms with Gasteiger partial charge in [-0.1, -0.05) is 41.9 Å². The molecule has 2 nitrogen and oxygen atoms in total. The van der Waals surface area contributed by atoms with E-state index in [1.165, 1.54) is 16.7 Å². The number of para-hydroxylation sites is 1. The minimum absolute atomic E-state index is 0.263. The topological polar surface area (TPSA) is 20.3 Å². The molecule has 4 rings (SSSR count). The fraction of sp³-hybridized carbons (Fsp3) is 0.278. The van der Waals surface area contributed by atoms with Crippen molar-refractivity contribution < 1.29 is 4.79 Å². The molecule has 21 heavy (non-hydrogen) atoms. The first-order valence-electron chi connectivity index (χ1n) is 7.41. The number of anilines is 1. The van der Waals surface area contributed by atoms with Gasteiger partial charge in [0.2, 0.25) is 5.91 Å². The van der Waals surface area contributed by atoms with Crippen molar-refractivity contribution in [3.05, 3.63) is 64.2 Å². The van der Waals surface area contributed by atoms with Crippen LogP contribution in [0.3, 0.4) is 0 Å². The summed E-state index contributed by atoms with van der Waals surface area (Å²) in [4.78, 5) is 14.2. The molecule has 2 aliphatic rings. The fourth-order valence-corrected chi connectivity index (χ4v) is 3.84. The van der Waals surface area contributed by atoms with E-state index < -0.39 is 0 Å². The van der Waals surface area contributed by atoms with Crippen LogP contribution in [0.2, 0.25) is 5.02 Å². The Balaban J connectivity index is 1.86. The summed E-state index contributed by atoms with van der Waals surface area (Å²) in [6.45, 7) is 0.806. The third kappa shape index (κ3) is 2.06. The zero-order valence-electron chi connectivity index (χ0n) is 11.7. The lowest BCUT2D eigenvalue weighted by atomic mass is 9.81. The van der Waals surface area contributed by atoms with Crippen molar-refractivity contribution in [1.82, 2.24) is 0 Å². The molecular weight excluding hydrogens is 282 g/mol. The number of nitrogens with zero attached hydrogens (tertiary/aromatic N) is 1. The summed E-state index contributed by atoms with van der Waals surface area (Å²) in [5, 5.41) is 0.774. The summed E-state index contributed by atoms with van der Waals surface area (Å²) in [5.41, 5.74) is 4.98. The van der Waals surface area contributed by atoms with E-state index in [-0.39, 0.29) is 5.91 Å². The molecule has 1 unspecified atom stereocenters. The number of hydrogen-bond acceptors (Lipinski definition) is 1. The molecule has 2 aliphatic heterocycles. The third-order valence-electron chi connectivity index (χ3n) is 4.60. The first kappa shape index (κ1) is 12.9. The summed E-state index contributed by atoms with van der Waals surface area (Å²) in [7, 11) is 0. The average Bonchev–Trinajstić information content (AvgIpc) is 2.51. The smallest absolute Gasteiger partial charge is 0.227 e. The van der Waals surface area contributed by atoms with Crippen molar-refractivity contribution in [2.24, 2.45) is 0 Å². The van der Waals surface area contributed by atoms with Gasteiger partial charge < -0.3 is 4.90 Å². The lowest BCUT2D eigenvalue weighted by molar-refractivity contribution is -0.119. The van der Waals surface area contributed by atoms with E-state index in [1.807, 2.05) is 23.1 Å². The Morgan fingerprint density at radius 2 is 1.95 bits per heavy atom. The van der Waals surface area contributed by atoms with Crippen molar-refractivity contribution in [2.45, 2.75) is 25.2 Å². The summed E-state index contributed by atoms with van der Waals surface area (Å²) >= 11 is 6.15. The van der Waals surface area contributed by atoms with E-state index in [4.69, 9.17) is 11.6 Å². The van der Waals surface area contributed by atoms with E-state index in [1.54, 1.807) is 0 Å². The molecule has 0 bridgehead atoms. The lowest BCUT2D eigenvalue weighted by Crippen LogP contribution is -2.40. The van der Waals surface area contributed by atoms with Crippen molar-refractivity contribution >= 4 is 23.2 Å². The highest BCUT2D eigenvalue weighted by molar-refractivity contribution is 6.30. The minimum atomic E-state index is 0.263. The second kappa shape index (κ2) is 4.88. The first-order valence-corrected chi connectivity index (χ1v) is 7.79. The van der Waals surface area contributed by atoms with E-state index in [0.29, 0.717) is 12.3 Å². The zero-order valence-corrected chi connectivity index (χ0v) is 12.4. The predicted molar refractivity (Wildman–Crippen MR) is 85.0 cm³/mol. The standard InChI is InChI=1S/C18H16ClNO/c19-14-5-1-4-13(11-14)15-9-10-20-17(21)8-7-12-3-2-6-16(15)18(12)20/h1-6,11,15H,7-10H2. The molecule has 106 valence electrons. The molecule has 2 aromatic carbocycles. The van der Waals surface area contributed by atoms with Crippen LogP contribution in [0.15, 0.2) is 42.5 Å². The van der Waals surface area contributed by atoms with Crippen LogP contribution in [0.5, 0.6) is 0 Å². The van der Waals surface area contributed by atoms with Gasteiger partial charge in [-0.15, -0.1) is 0 Å². The Morgan fingerprint density at radius 1 is 1.10 bits per heavy atom. The van der Waals surface area contributed by atoms with Gasteiger partial charge in [0.25, 0.3) is 0 Å². The van der Waals surface area contributed by atoms with Crippen molar-refractivity contribution in [2.75, 3.05) is 11.4 Å². The zero-order chi connectivity index (χ0) is 14.4. The number of rotatable bonds is 1. The molecule has 3 heteroatoms. The molecule has 0 N–H and O–H groups in total. The second-order valence-corrected chi connectivity index (χ2v) is 6.23. The molecule has 2 heterocycles. The summed E-state index contributed by atoms with van der Waals surface area (Å²) < 4.78 is 0. The Hall–Kier alpha value is -1.80. The molecule has 0 radical (unpaired) electrons. The predicted octanol–water partition coefficient (Wildman–Crippen LogP) is 4.15. The van der Waals surface area contributed by atoms with Crippen LogP contribution in [-0.2, 0) is 11.2 Å². The van der Waals surface area contributed by atoms with Gasteiger partial charge in [-0.25, -0.2) is 0 Å². The monoisotopic (exact) mass is 297 g/mol. The normalized spacial score (nSPS) is 20.3. The Labute approximate surface area is 129 Å². The Kier molecular flexibility index (Phi) is 3.00. The highest BCUT2D eigenvalue weighted by Crippen LogP contribution is 2.43. The molecule has 1 atom stereocenters. The van der Waals surface area contributed by atoms with Crippen molar-refractivity contribution in [3.63, 3.8) is 0 Å². The number of hydrogen-bond donors (Lipinski definition) is 0. The number of aryl methyl sites for hydroxylation is 1. The van der Waals surface area contributed by atoms with Crippen LogP contribution >= 0.6 is 11.6 Å². The van der Waals surface area contributed by atoms with Crippen LogP contribution in [-0.4, -0.2) is 12.5 Å². The average molecular weight is 298 g/mol. The quantitative estimate of drug-likeness (QED) is 0.774. The maximum atomic E-state index is 12.2. The Morgan fingerprint density at radius 3 is 2.81 bits per heavy atom. The number of benzene rings is 2. The lowest BCUT2D eigenvalue weighted by Gasteiger charge is -2.38. The van der Waals surface area contributed by atoms with Gasteiger partial charge in [0.1, 0.15) is 0 Å². The number of carbonyl (C=O) groups is 1. The number of carbonyl (C=O) groups excluding carboxylic acids is 1. The maximum absolute atomic E-state index is 12.2. The maximum Gasteiger partial charge on any atom is 0.227 e. The highest BCUT2D eigenvalue weighted by atomic mass is 35.5. The van der Waals surface area contributed by atoms with Gasteiger partial charge in [-0.2, -0.15) is 0 Å². The molecule has 0 aliphatic carbocycles. The molecule has 2 aromatic rings. The van der Waals surface area contributed by atoms with Gasteiger partial charge in [-0.3, -0.25) is 4.79 Å². The van der Waals surface area contributed by atoms with Crippen LogP contribution < -0.4 is 4.90 Å². The summed E-state index contributed by atoms with van der Waals surface area (Å²) in [5.74, 6) is 0.597. The molecule has 0 saturated carbocycles. The van der Waals surface area contributed by atoms with Gasteiger partial charge in [0.15, 0.2) is 0 Å². The van der Waals surface area contributed by atoms with E-state index in [0.717, 1.165) is 30.1 Å². The van der Waals surface area contributed by atoms with Gasteiger partial charge >= 0.3 is 0 Å². The van der Waals surface area contributed by atoms with E-state index in [9.17, 15) is 4.79 Å². The van der Waals surface area contributed by atoms with Crippen LogP contribution in [0.25, 0.3) is 0 Å². The minimum Gasteiger partial charge on any atom is -0.312 e. The molecule has 0 spiro atoms. The van der Waals surface area contributed by atoms with Crippen LogP contribution in [0.1, 0.15) is 35.4 Å². The number of amides is 1. The second-order valence-electron chi connectivity index (χ2n) is 5.80. The van der Waals surface area contributed by atoms with Gasteiger partial charge in [0.05, 0.1) is 5.69 Å². The number of halogens is 1. The Bertz CT molecular complexity index is 725. The highest BCUT2D eigenvalue weighted by Gasteiger charge is 2.33. The van der Waals surface area contributed by atoms with Crippen molar-refractivity contribution in [1.29, 1.82) is 0 Å². The summed E-state index contributed by atoms with van der Waals surface area (Å²) in [6.07, 6.45) is 2.46. The van der Waals surface area contributed by atoms with E-state index >= 15 is 0 Å². The third-order valence-corrected chi connectivity index (χ3v) is 4.83. The molecular formula is C18H16ClNO. The molecule has 0 aromatic heterocycles.